The molecule has 0 radical (unpaired) electrons. The standard InChI is InChI=1S/C8H14F2N2O2/c1-12-3-6(4-12)2-11-5-8(9,10)7(13)14/h6,11H,2-5H2,1H3,(H,13,14). The minimum Gasteiger partial charge on any atom is -0.477 e. The number of halogens is 2. The molecule has 14 heavy (non-hydrogen) atoms. The lowest BCUT2D eigenvalue weighted by Crippen LogP contribution is -2.50. The molecule has 0 amide bonds. The number of alkyl halides is 2. The smallest absolute Gasteiger partial charge is 0.375 e. The molecule has 1 aliphatic heterocycles. The lowest BCUT2D eigenvalue weighted by molar-refractivity contribution is -0.164. The number of hydrogen-bond donors (Lipinski definition) is 2. The van der Waals surface area contributed by atoms with E-state index >= 15 is 0 Å². The number of carbonyl (C=O) groups is 1. The molecule has 0 aromatic carbocycles. The fourth-order valence-corrected chi connectivity index (χ4v) is 1.47. The number of rotatable bonds is 5. The first kappa shape index (κ1) is 11.3. The number of aliphatic carboxylic acids is 1. The highest BCUT2D eigenvalue weighted by Gasteiger charge is 2.38. The average molecular weight is 208 g/mol. The van der Waals surface area contributed by atoms with Gasteiger partial charge in [0.1, 0.15) is 0 Å². The second-order valence-electron chi connectivity index (χ2n) is 3.73. The van der Waals surface area contributed by atoms with E-state index in [1.54, 1.807) is 0 Å². The highest BCUT2D eigenvalue weighted by molar-refractivity contribution is 5.75. The Morgan fingerprint density at radius 2 is 2.21 bits per heavy atom. The molecule has 4 nitrogen and oxygen atoms in total. The number of likely N-dealkylation sites (tertiary alicyclic amines) is 1. The van der Waals surface area contributed by atoms with Crippen LogP contribution in [0.4, 0.5) is 8.78 Å². The molecule has 0 spiro atoms. The number of carboxylic acids is 1. The summed E-state index contributed by atoms with van der Waals surface area (Å²) in [7, 11) is 1.95. The third kappa shape index (κ3) is 2.88. The molecular weight excluding hydrogens is 194 g/mol. The van der Waals surface area contributed by atoms with Crippen molar-refractivity contribution in [2.75, 3.05) is 33.2 Å². The van der Waals surface area contributed by atoms with Crippen molar-refractivity contribution < 1.29 is 18.7 Å². The summed E-state index contributed by atoms with van der Waals surface area (Å²) >= 11 is 0. The van der Waals surface area contributed by atoms with Crippen molar-refractivity contribution in [2.24, 2.45) is 5.92 Å². The van der Waals surface area contributed by atoms with Crippen molar-refractivity contribution in [2.45, 2.75) is 5.92 Å². The Labute approximate surface area is 80.9 Å². The SMILES string of the molecule is CN1CC(CNCC(F)(F)C(=O)O)C1. The molecule has 1 rings (SSSR count). The van der Waals surface area contributed by atoms with Crippen LogP contribution in [0.15, 0.2) is 0 Å². The molecule has 1 fully saturated rings. The summed E-state index contributed by atoms with van der Waals surface area (Å²) in [6.07, 6.45) is 0. The van der Waals surface area contributed by atoms with Crippen molar-refractivity contribution in [1.82, 2.24) is 10.2 Å². The topological polar surface area (TPSA) is 52.6 Å². The van der Waals surface area contributed by atoms with Gasteiger partial charge in [-0.25, -0.2) is 4.79 Å². The van der Waals surface area contributed by atoms with Gasteiger partial charge in [0.15, 0.2) is 0 Å². The summed E-state index contributed by atoms with van der Waals surface area (Å²) in [5, 5.41) is 10.6. The van der Waals surface area contributed by atoms with Crippen LogP contribution in [0.3, 0.4) is 0 Å². The molecule has 0 unspecified atom stereocenters. The van der Waals surface area contributed by atoms with E-state index in [9.17, 15) is 13.6 Å². The maximum Gasteiger partial charge on any atom is 0.375 e. The van der Waals surface area contributed by atoms with Crippen LogP contribution in [0.1, 0.15) is 0 Å². The largest absolute Gasteiger partial charge is 0.477 e. The monoisotopic (exact) mass is 208 g/mol. The Kier molecular flexibility index (Phi) is 3.38. The van der Waals surface area contributed by atoms with Crippen molar-refractivity contribution in [3.05, 3.63) is 0 Å². The first-order valence-electron chi connectivity index (χ1n) is 4.42. The molecule has 1 aliphatic rings. The lowest BCUT2D eigenvalue weighted by atomic mass is 10.0. The Balaban J connectivity index is 2.12. The Morgan fingerprint density at radius 3 is 2.64 bits per heavy atom. The highest BCUT2D eigenvalue weighted by atomic mass is 19.3. The maximum absolute atomic E-state index is 12.5. The molecular formula is C8H14F2N2O2. The van der Waals surface area contributed by atoms with E-state index in [-0.39, 0.29) is 0 Å². The van der Waals surface area contributed by atoms with Crippen molar-refractivity contribution >= 4 is 5.97 Å². The number of nitrogens with zero attached hydrogens (tertiary/aromatic N) is 1. The van der Waals surface area contributed by atoms with E-state index in [0.29, 0.717) is 12.5 Å². The lowest BCUT2D eigenvalue weighted by Gasteiger charge is -2.36. The van der Waals surface area contributed by atoms with Gasteiger partial charge in [-0.1, -0.05) is 0 Å². The van der Waals surface area contributed by atoms with E-state index in [4.69, 9.17) is 5.11 Å². The van der Waals surface area contributed by atoms with E-state index < -0.39 is 18.4 Å². The fraction of sp³-hybridized carbons (Fsp3) is 0.875. The third-order valence-corrected chi connectivity index (χ3v) is 2.23. The van der Waals surface area contributed by atoms with Crippen molar-refractivity contribution in [3.63, 3.8) is 0 Å². The first-order chi connectivity index (χ1) is 6.42. The van der Waals surface area contributed by atoms with Gasteiger partial charge in [-0.3, -0.25) is 0 Å². The summed E-state index contributed by atoms with van der Waals surface area (Å²) in [5.41, 5.74) is 0. The Hall–Kier alpha value is -0.750. The minimum absolute atomic E-state index is 0.365. The van der Waals surface area contributed by atoms with E-state index in [1.165, 1.54) is 0 Å². The molecule has 0 atom stereocenters. The van der Waals surface area contributed by atoms with Gasteiger partial charge in [0, 0.05) is 19.6 Å². The first-order valence-corrected chi connectivity index (χ1v) is 4.42. The summed E-state index contributed by atoms with van der Waals surface area (Å²) in [4.78, 5) is 12.1. The second-order valence-corrected chi connectivity index (χ2v) is 3.73. The van der Waals surface area contributed by atoms with Gasteiger partial charge in [0.25, 0.3) is 0 Å². The van der Waals surface area contributed by atoms with Crippen LogP contribution in [0.5, 0.6) is 0 Å². The summed E-state index contributed by atoms with van der Waals surface area (Å²) in [6, 6.07) is 0. The van der Waals surface area contributed by atoms with Gasteiger partial charge in [-0.2, -0.15) is 8.78 Å². The van der Waals surface area contributed by atoms with Gasteiger partial charge in [0.2, 0.25) is 0 Å². The predicted octanol–water partition coefficient (Wildman–Crippen LogP) is -0.143. The summed E-state index contributed by atoms with van der Waals surface area (Å²) < 4.78 is 25.0. The van der Waals surface area contributed by atoms with E-state index in [2.05, 4.69) is 10.2 Å². The van der Waals surface area contributed by atoms with Crippen LogP contribution in [-0.2, 0) is 4.79 Å². The van der Waals surface area contributed by atoms with Crippen molar-refractivity contribution in [3.8, 4) is 0 Å². The fourth-order valence-electron chi connectivity index (χ4n) is 1.47. The molecule has 1 heterocycles. The molecule has 1 saturated heterocycles. The molecule has 0 bridgehead atoms. The van der Waals surface area contributed by atoms with Gasteiger partial charge < -0.3 is 15.3 Å². The molecule has 2 N–H and O–H groups in total. The van der Waals surface area contributed by atoms with Crippen LogP contribution in [0.25, 0.3) is 0 Å². The summed E-state index contributed by atoms with van der Waals surface area (Å²) in [5.74, 6) is -5.37. The Morgan fingerprint density at radius 1 is 1.64 bits per heavy atom. The molecule has 0 aliphatic carbocycles. The van der Waals surface area contributed by atoms with Crippen LogP contribution >= 0.6 is 0 Å². The van der Waals surface area contributed by atoms with Crippen LogP contribution in [0, 0.1) is 5.92 Å². The van der Waals surface area contributed by atoms with Gasteiger partial charge in [-0.15, -0.1) is 0 Å². The zero-order valence-corrected chi connectivity index (χ0v) is 7.96. The van der Waals surface area contributed by atoms with Gasteiger partial charge in [-0.05, 0) is 13.0 Å². The number of nitrogens with one attached hydrogen (secondary N) is 1. The molecule has 6 heteroatoms. The van der Waals surface area contributed by atoms with Gasteiger partial charge >= 0.3 is 11.9 Å². The third-order valence-electron chi connectivity index (χ3n) is 2.23. The zero-order valence-electron chi connectivity index (χ0n) is 7.96. The molecule has 0 saturated carbocycles. The minimum atomic E-state index is -3.66. The normalized spacial score (nSPS) is 19.4. The predicted molar refractivity (Wildman–Crippen MR) is 46.4 cm³/mol. The number of carboxylic acid groups (broad SMARTS) is 1. The number of hydrogen-bond acceptors (Lipinski definition) is 3. The molecule has 0 aromatic rings. The van der Waals surface area contributed by atoms with Crippen LogP contribution in [-0.4, -0.2) is 55.1 Å². The quantitative estimate of drug-likeness (QED) is 0.660. The van der Waals surface area contributed by atoms with Crippen LogP contribution in [0.2, 0.25) is 0 Å². The average Bonchev–Trinajstić information content (AvgIpc) is 2.00. The molecule has 0 aromatic heterocycles. The Bertz CT molecular complexity index is 217. The van der Waals surface area contributed by atoms with E-state index in [0.717, 1.165) is 13.1 Å². The van der Waals surface area contributed by atoms with Crippen molar-refractivity contribution in [1.29, 1.82) is 0 Å². The second kappa shape index (κ2) is 4.18. The van der Waals surface area contributed by atoms with Crippen LogP contribution < -0.4 is 5.32 Å². The zero-order chi connectivity index (χ0) is 10.8. The maximum atomic E-state index is 12.5. The van der Waals surface area contributed by atoms with E-state index in [1.807, 2.05) is 7.05 Å². The molecule has 82 valence electrons. The van der Waals surface area contributed by atoms with Gasteiger partial charge in [0.05, 0.1) is 6.54 Å². The summed E-state index contributed by atoms with van der Waals surface area (Å²) in [6.45, 7) is 1.42. The highest BCUT2D eigenvalue weighted by Crippen LogP contribution is 2.14.